The van der Waals surface area contributed by atoms with E-state index in [1.54, 1.807) is 7.11 Å². The average Bonchev–Trinajstić information content (AvgIpc) is 2.26. The number of nitrogens with one attached hydrogen (secondary N) is 1. The van der Waals surface area contributed by atoms with E-state index in [2.05, 4.69) is 5.32 Å². The summed E-state index contributed by atoms with van der Waals surface area (Å²) in [6, 6.07) is 0. The van der Waals surface area contributed by atoms with E-state index in [1.165, 1.54) is 6.42 Å². The maximum Gasteiger partial charge on any atom is 0.0659 e. The van der Waals surface area contributed by atoms with Gasteiger partial charge in [-0.05, 0) is 51.5 Å². The van der Waals surface area contributed by atoms with Crippen LogP contribution in [0.1, 0.15) is 39.0 Å². The number of rotatable bonds is 6. The molecule has 0 amide bonds. The summed E-state index contributed by atoms with van der Waals surface area (Å²) in [4.78, 5) is 0. The van der Waals surface area contributed by atoms with Crippen LogP contribution >= 0.6 is 0 Å². The molecule has 0 aromatic heterocycles. The Kier molecular flexibility index (Phi) is 5.58. The van der Waals surface area contributed by atoms with Gasteiger partial charge in [-0.2, -0.15) is 0 Å². The summed E-state index contributed by atoms with van der Waals surface area (Å²) in [5.74, 6) is 0.425. The lowest BCUT2D eigenvalue weighted by Gasteiger charge is -2.36. The number of ether oxygens (including phenoxy) is 1. The van der Waals surface area contributed by atoms with Gasteiger partial charge in [-0.3, -0.25) is 0 Å². The number of methoxy groups -OCH3 is 1. The molecule has 1 rings (SSSR count). The predicted molar refractivity (Wildman–Crippen MR) is 61.9 cm³/mol. The molecule has 0 aromatic carbocycles. The molecule has 1 aliphatic heterocycles. The summed E-state index contributed by atoms with van der Waals surface area (Å²) in [6.45, 7) is 4.87. The molecule has 0 saturated carbocycles. The third kappa shape index (κ3) is 4.49. The van der Waals surface area contributed by atoms with Crippen molar-refractivity contribution in [2.75, 3.05) is 26.8 Å². The van der Waals surface area contributed by atoms with Gasteiger partial charge in [0.1, 0.15) is 0 Å². The minimum atomic E-state index is -0.499. The highest BCUT2D eigenvalue weighted by Gasteiger charge is 2.31. The molecule has 3 nitrogen and oxygen atoms in total. The highest BCUT2D eigenvalue weighted by molar-refractivity contribution is 4.85. The van der Waals surface area contributed by atoms with Crippen molar-refractivity contribution in [2.45, 2.75) is 44.6 Å². The van der Waals surface area contributed by atoms with E-state index in [1.807, 2.05) is 6.92 Å². The smallest absolute Gasteiger partial charge is 0.0659 e. The minimum absolute atomic E-state index is 0.425. The summed E-state index contributed by atoms with van der Waals surface area (Å²) in [6.07, 6.45) is 5.34. The number of hydrogen-bond acceptors (Lipinski definition) is 3. The Balaban J connectivity index is 2.23. The van der Waals surface area contributed by atoms with Gasteiger partial charge in [-0.1, -0.05) is 0 Å². The zero-order chi connectivity index (χ0) is 11.1. The normalized spacial score (nSPS) is 26.2. The van der Waals surface area contributed by atoms with Crippen molar-refractivity contribution in [2.24, 2.45) is 5.92 Å². The van der Waals surface area contributed by atoms with Crippen molar-refractivity contribution >= 4 is 0 Å². The quantitative estimate of drug-likeness (QED) is 0.661. The Hall–Kier alpha value is -0.120. The zero-order valence-electron chi connectivity index (χ0n) is 10.1. The van der Waals surface area contributed by atoms with Crippen molar-refractivity contribution in [3.05, 3.63) is 0 Å². The van der Waals surface area contributed by atoms with Crippen molar-refractivity contribution in [1.82, 2.24) is 5.32 Å². The van der Waals surface area contributed by atoms with E-state index in [-0.39, 0.29) is 0 Å². The summed E-state index contributed by atoms with van der Waals surface area (Å²) in [5, 5.41) is 13.7. The Morgan fingerprint density at radius 3 is 2.87 bits per heavy atom. The van der Waals surface area contributed by atoms with E-state index in [9.17, 15) is 5.11 Å². The van der Waals surface area contributed by atoms with Crippen LogP contribution in [0.25, 0.3) is 0 Å². The first-order valence-corrected chi connectivity index (χ1v) is 6.09. The first-order valence-electron chi connectivity index (χ1n) is 6.09. The molecule has 3 heteroatoms. The molecule has 2 N–H and O–H groups in total. The van der Waals surface area contributed by atoms with Gasteiger partial charge in [0.05, 0.1) is 5.60 Å². The third-order valence-electron chi connectivity index (χ3n) is 3.46. The van der Waals surface area contributed by atoms with Crippen LogP contribution in [-0.4, -0.2) is 37.5 Å². The van der Waals surface area contributed by atoms with Crippen LogP contribution in [-0.2, 0) is 4.74 Å². The number of piperidine rings is 1. The van der Waals surface area contributed by atoms with Crippen LogP contribution in [0, 0.1) is 5.92 Å². The lowest BCUT2D eigenvalue weighted by atomic mass is 9.80. The number of aliphatic hydroxyl groups is 1. The highest BCUT2D eigenvalue weighted by Crippen LogP contribution is 2.28. The maximum absolute atomic E-state index is 10.4. The second-order valence-corrected chi connectivity index (χ2v) is 4.85. The molecule has 2 atom stereocenters. The molecular formula is C12H25NO2. The molecule has 0 aromatic rings. The van der Waals surface area contributed by atoms with Crippen LogP contribution in [0.4, 0.5) is 0 Å². The molecule has 1 fully saturated rings. The Bertz CT molecular complexity index is 165. The SMILES string of the molecule is COCCCCC(C)(O)[C@@H]1CCCNC1. The van der Waals surface area contributed by atoms with Gasteiger partial charge in [0, 0.05) is 20.3 Å². The van der Waals surface area contributed by atoms with E-state index >= 15 is 0 Å². The van der Waals surface area contributed by atoms with Gasteiger partial charge < -0.3 is 15.2 Å². The fraction of sp³-hybridized carbons (Fsp3) is 1.00. The summed E-state index contributed by atoms with van der Waals surface area (Å²) >= 11 is 0. The standard InChI is InChI=1S/C12H25NO2/c1-12(14,7-3-4-9-15-2)11-6-5-8-13-10-11/h11,13-14H,3-10H2,1-2H3/t11-,12?/m1/s1. The lowest BCUT2D eigenvalue weighted by molar-refractivity contribution is -0.0207. The monoisotopic (exact) mass is 215 g/mol. The van der Waals surface area contributed by atoms with E-state index in [4.69, 9.17) is 4.74 Å². The topological polar surface area (TPSA) is 41.5 Å². The van der Waals surface area contributed by atoms with E-state index in [0.29, 0.717) is 5.92 Å². The van der Waals surface area contributed by atoms with Gasteiger partial charge in [0.25, 0.3) is 0 Å². The molecular weight excluding hydrogens is 190 g/mol. The molecule has 1 aliphatic rings. The predicted octanol–water partition coefficient (Wildman–Crippen LogP) is 1.55. The van der Waals surface area contributed by atoms with Gasteiger partial charge in [0.15, 0.2) is 0 Å². The van der Waals surface area contributed by atoms with Gasteiger partial charge in [0.2, 0.25) is 0 Å². The molecule has 0 aliphatic carbocycles. The van der Waals surface area contributed by atoms with Gasteiger partial charge in [-0.15, -0.1) is 0 Å². The molecule has 0 radical (unpaired) electrons. The van der Waals surface area contributed by atoms with Crippen molar-refractivity contribution in [3.63, 3.8) is 0 Å². The molecule has 1 heterocycles. The zero-order valence-corrected chi connectivity index (χ0v) is 10.1. The Morgan fingerprint density at radius 1 is 1.47 bits per heavy atom. The van der Waals surface area contributed by atoms with Crippen molar-refractivity contribution in [3.8, 4) is 0 Å². The fourth-order valence-corrected chi connectivity index (χ4v) is 2.32. The summed E-state index contributed by atoms with van der Waals surface area (Å²) in [7, 11) is 1.73. The van der Waals surface area contributed by atoms with Crippen molar-refractivity contribution < 1.29 is 9.84 Å². The number of hydrogen-bond donors (Lipinski definition) is 2. The second kappa shape index (κ2) is 6.46. The molecule has 1 saturated heterocycles. The van der Waals surface area contributed by atoms with E-state index < -0.39 is 5.60 Å². The summed E-state index contributed by atoms with van der Waals surface area (Å²) < 4.78 is 5.01. The minimum Gasteiger partial charge on any atom is -0.390 e. The highest BCUT2D eigenvalue weighted by atomic mass is 16.5. The second-order valence-electron chi connectivity index (χ2n) is 4.85. The van der Waals surface area contributed by atoms with Crippen LogP contribution in [0.5, 0.6) is 0 Å². The van der Waals surface area contributed by atoms with Crippen LogP contribution < -0.4 is 5.32 Å². The fourth-order valence-electron chi connectivity index (χ4n) is 2.32. The largest absolute Gasteiger partial charge is 0.390 e. The lowest BCUT2D eigenvalue weighted by Crippen LogP contribution is -2.44. The van der Waals surface area contributed by atoms with E-state index in [0.717, 1.165) is 45.4 Å². The number of unbranched alkanes of at least 4 members (excludes halogenated alkanes) is 1. The Morgan fingerprint density at radius 2 is 2.27 bits per heavy atom. The Labute approximate surface area is 93.2 Å². The molecule has 15 heavy (non-hydrogen) atoms. The van der Waals surface area contributed by atoms with Crippen LogP contribution in [0.2, 0.25) is 0 Å². The van der Waals surface area contributed by atoms with Crippen LogP contribution in [0.3, 0.4) is 0 Å². The van der Waals surface area contributed by atoms with Crippen molar-refractivity contribution in [1.29, 1.82) is 0 Å². The van der Waals surface area contributed by atoms with Gasteiger partial charge in [-0.25, -0.2) is 0 Å². The molecule has 90 valence electrons. The third-order valence-corrected chi connectivity index (χ3v) is 3.46. The maximum atomic E-state index is 10.4. The van der Waals surface area contributed by atoms with Gasteiger partial charge >= 0.3 is 0 Å². The molecule has 0 bridgehead atoms. The summed E-state index contributed by atoms with van der Waals surface area (Å²) in [5.41, 5.74) is -0.499. The first-order chi connectivity index (χ1) is 7.17. The average molecular weight is 215 g/mol. The first kappa shape index (κ1) is 12.9. The molecule has 0 spiro atoms. The molecule has 1 unspecified atom stereocenters. The van der Waals surface area contributed by atoms with Crippen LogP contribution in [0.15, 0.2) is 0 Å².